The molecule has 2 aliphatic heterocycles. The van der Waals surface area contributed by atoms with E-state index in [9.17, 15) is 57.5 Å². The van der Waals surface area contributed by atoms with Gasteiger partial charge in [0.05, 0.1) is 52.4 Å². The molecule has 0 radical (unpaired) electrons. The van der Waals surface area contributed by atoms with Crippen LogP contribution in [0.4, 0.5) is 0 Å². The monoisotopic (exact) mass is 1030 g/mol. The summed E-state index contributed by atoms with van der Waals surface area (Å²) >= 11 is 0. The van der Waals surface area contributed by atoms with Gasteiger partial charge in [0.2, 0.25) is 11.8 Å². The van der Waals surface area contributed by atoms with Crippen LogP contribution in [0, 0.1) is 0 Å². The standard InChI is InChI=1S/C44H62N2O26/c1-21(47)45-35-31(65-25(5)51)17-43(41(57)59-11,71-39(35)37(69-29(9)55)33(67-27(7)53)19-61-23(3)49)63-15-13-14-16-64-44(42(58)60-12)18-32(66-26(6)52)36(46-22(2)48)40(72-44)38(70-30(10)56)34(68-28(8)54)20-62-24(4)50/h13-14,31-40H,15-20H2,1-12H3,(H,45,47)(H,46,48)/b14-13+/t31-,32-,33+,34+,35+,36+,37+,38+,39+,40+,43+,44+/m0/s1. The van der Waals surface area contributed by atoms with E-state index in [1.165, 1.54) is 12.2 Å². The Morgan fingerprint density at radius 3 is 1.06 bits per heavy atom. The van der Waals surface area contributed by atoms with Crippen molar-refractivity contribution in [2.24, 2.45) is 0 Å². The molecule has 28 heteroatoms. The minimum absolute atomic E-state index is 0.633. The van der Waals surface area contributed by atoms with Gasteiger partial charge in [-0.2, -0.15) is 0 Å². The third-order valence-electron chi connectivity index (χ3n) is 9.98. The van der Waals surface area contributed by atoms with Crippen LogP contribution in [0.15, 0.2) is 12.2 Å². The Kier molecular flexibility index (Phi) is 24.1. The van der Waals surface area contributed by atoms with E-state index < -0.39 is 183 Å². The first-order valence-corrected chi connectivity index (χ1v) is 21.9. The molecule has 2 heterocycles. The third kappa shape index (κ3) is 18.8. The second kappa shape index (κ2) is 28.3. The molecule has 0 aromatic heterocycles. The number of amides is 2. The van der Waals surface area contributed by atoms with Crippen molar-refractivity contribution >= 4 is 71.5 Å². The van der Waals surface area contributed by atoms with E-state index in [1.807, 2.05) is 0 Å². The van der Waals surface area contributed by atoms with Gasteiger partial charge in [0.15, 0.2) is 24.4 Å². The highest BCUT2D eigenvalue weighted by molar-refractivity contribution is 5.80. The molecular formula is C44H62N2O26. The molecule has 2 saturated heterocycles. The summed E-state index contributed by atoms with van der Waals surface area (Å²) in [5.74, 6) is -16.7. The summed E-state index contributed by atoms with van der Waals surface area (Å²) < 4.78 is 77.5. The van der Waals surface area contributed by atoms with Crippen molar-refractivity contribution in [1.29, 1.82) is 0 Å². The van der Waals surface area contributed by atoms with Crippen LogP contribution < -0.4 is 10.6 Å². The van der Waals surface area contributed by atoms with Crippen LogP contribution in [0.25, 0.3) is 0 Å². The Hall–Kier alpha value is -6.78. The third-order valence-corrected chi connectivity index (χ3v) is 9.98. The van der Waals surface area contributed by atoms with Gasteiger partial charge in [-0.25, -0.2) is 9.59 Å². The first-order valence-electron chi connectivity index (χ1n) is 21.9. The molecule has 2 rings (SSSR count). The van der Waals surface area contributed by atoms with E-state index in [4.69, 9.17) is 66.3 Å². The highest BCUT2D eigenvalue weighted by Crippen LogP contribution is 2.39. The summed E-state index contributed by atoms with van der Waals surface area (Å²) in [6, 6.07) is -2.98. The fourth-order valence-electron chi connectivity index (χ4n) is 7.60. The van der Waals surface area contributed by atoms with Gasteiger partial charge < -0.3 is 76.9 Å². The second-order valence-corrected chi connectivity index (χ2v) is 16.0. The molecular weight excluding hydrogens is 972 g/mol. The molecule has 0 aromatic carbocycles. The van der Waals surface area contributed by atoms with Crippen molar-refractivity contribution in [2.75, 3.05) is 40.6 Å². The van der Waals surface area contributed by atoms with Crippen LogP contribution in [-0.2, 0) is 124 Å². The predicted octanol–water partition coefficient (Wildman–Crippen LogP) is -1.38. The molecule has 2 amide bonds. The number of carbonyl (C=O) groups excluding carboxylic acids is 12. The van der Waals surface area contributed by atoms with Crippen molar-refractivity contribution in [3.05, 3.63) is 12.2 Å². The number of esters is 10. The minimum Gasteiger partial charge on any atom is -0.465 e. The van der Waals surface area contributed by atoms with Crippen LogP contribution in [-0.4, -0.2) is 185 Å². The molecule has 0 bridgehead atoms. The lowest BCUT2D eigenvalue weighted by atomic mass is 9.88. The minimum atomic E-state index is -2.61. The fourth-order valence-corrected chi connectivity index (χ4v) is 7.60. The van der Waals surface area contributed by atoms with Gasteiger partial charge in [0.1, 0.15) is 37.6 Å². The topological polar surface area (TPSA) is 358 Å². The summed E-state index contributed by atoms with van der Waals surface area (Å²) in [4.78, 5) is 151. The molecule has 28 nitrogen and oxygen atoms in total. The Balaban J connectivity index is 2.74. The van der Waals surface area contributed by atoms with Crippen LogP contribution in [0.1, 0.15) is 82.1 Å². The molecule has 0 aliphatic carbocycles. The maximum Gasteiger partial charge on any atom is 0.366 e. The summed E-state index contributed by atoms with van der Waals surface area (Å²) in [7, 11) is 1.89. The average molecular weight is 1030 g/mol. The van der Waals surface area contributed by atoms with E-state index in [-0.39, 0.29) is 0 Å². The Morgan fingerprint density at radius 2 is 0.806 bits per heavy atom. The first-order chi connectivity index (χ1) is 33.6. The lowest BCUT2D eigenvalue weighted by molar-refractivity contribution is -0.312. The quantitative estimate of drug-likeness (QED) is 0.0639. The molecule has 0 saturated carbocycles. The Bertz CT molecular complexity index is 1900. The van der Waals surface area contributed by atoms with E-state index in [1.54, 1.807) is 0 Å². The zero-order valence-electron chi connectivity index (χ0n) is 41.8. The normalized spacial score (nSPS) is 25.3. The summed E-state index contributed by atoms with van der Waals surface area (Å²) in [6.07, 6.45) is -12.8. The van der Waals surface area contributed by atoms with E-state index in [2.05, 4.69) is 10.6 Å². The molecule has 12 atom stereocenters. The van der Waals surface area contributed by atoms with Crippen LogP contribution in [0.5, 0.6) is 0 Å². The number of hydrogen-bond acceptors (Lipinski definition) is 26. The van der Waals surface area contributed by atoms with Crippen LogP contribution in [0.3, 0.4) is 0 Å². The number of carbonyl (C=O) groups is 12. The molecule has 2 N–H and O–H groups in total. The van der Waals surface area contributed by atoms with Gasteiger partial charge >= 0.3 is 59.7 Å². The zero-order chi connectivity index (χ0) is 54.7. The van der Waals surface area contributed by atoms with Crippen molar-refractivity contribution in [3.8, 4) is 0 Å². The van der Waals surface area contributed by atoms with E-state index >= 15 is 0 Å². The molecule has 2 fully saturated rings. The van der Waals surface area contributed by atoms with Gasteiger partial charge in [0, 0.05) is 69.2 Å². The smallest absolute Gasteiger partial charge is 0.366 e. The average Bonchev–Trinajstić information content (AvgIpc) is 3.26. The Morgan fingerprint density at radius 1 is 0.486 bits per heavy atom. The van der Waals surface area contributed by atoms with Gasteiger partial charge in [-0.1, -0.05) is 12.2 Å². The second-order valence-electron chi connectivity index (χ2n) is 16.0. The van der Waals surface area contributed by atoms with Gasteiger partial charge in [-0.15, -0.1) is 0 Å². The van der Waals surface area contributed by atoms with Crippen molar-refractivity contribution in [1.82, 2.24) is 10.6 Å². The molecule has 72 heavy (non-hydrogen) atoms. The SMILES string of the molecule is COC(=O)[C@@]1(OC/C=C/CO[C@]2(C(=O)OC)C[C@H](OC(C)=O)[C@@H](NC(C)=O)[C@H]([C@H](OC(C)=O)[C@@H](COC(C)=O)OC(C)=O)O2)C[C@H](OC(C)=O)[C@@H](NC(C)=O)[C@H]([C@H](OC(C)=O)[C@@H](COC(C)=O)OC(C)=O)O1. The van der Waals surface area contributed by atoms with Crippen molar-refractivity contribution in [3.63, 3.8) is 0 Å². The number of rotatable bonds is 24. The largest absolute Gasteiger partial charge is 0.465 e. The van der Waals surface area contributed by atoms with Gasteiger partial charge in [-0.05, 0) is 0 Å². The molecule has 0 aromatic rings. The molecule has 0 spiro atoms. The molecule has 2 aliphatic rings. The molecule has 404 valence electrons. The maximum absolute atomic E-state index is 13.8. The molecule has 0 unspecified atom stereocenters. The number of hydrogen-bond donors (Lipinski definition) is 2. The van der Waals surface area contributed by atoms with Crippen LogP contribution in [0.2, 0.25) is 0 Å². The van der Waals surface area contributed by atoms with Gasteiger partial charge in [0.25, 0.3) is 11.6 Å². The first kappa shape index (κ1) is 61.3. The number of methoxy groups -OCH3 is 2. The van der Waals surface area contributed by atoms with Crippen molar-refractivity contribution < 1.29 is 124 Å². The predicted molar refractivity (Wildman–Crippen MR) is 231 cm³/mol. The zero-order valence-corrected chi connectivity index (χ0v) is 41.8. The summed E-state index contributed by atoms with van der Waals surface area (Å²) in [6.45, 7) is 7.40. The van der Waals surface area contributed by atoms with Gasteiger partial charge in [-0.3, -0.25) is 47.9 Å². The lowest BCUT2D eigenvalue weighted by Gasteiger charge is -2.48. The number of ether oxygens (including phenoxy) is 14. The summed E-state index contributed by atoms with van der Waals surface area (Å²) in [5, 5.41) is 5.06. The highest BCUT2D eigenvalue weighted by atomic mass is 16.8. The highest BCUT2D eigenvalue weighted by Gasteiger charge is 2.61. The van der Waals surface area contributed by atoms with Crippen LogP contribution >= 0.6 is 0 Å². The maximum atomic E-state index is 13.8. The fraction of sp³-hybridized carbons (Fsp3) is 0.682. The summed E-state index contributed by atoms with van der Waals surface area (Å²) in [5.41, 5.74) is 0. The van der Waals surface area contributed by atoms with E-state index in [0.717, 1.165) is 83.5 Å². The lowest BCUT2D eigenvalue weighted by Crippen LogP contribution is -2.69. The van der Waals surface area contributed by atoms with Crippen molar-refractivity contribution in [2.45, 2.75) is 155 Å². The van der Waals surface area contributed by atoms with E-state index in [0.29, 0.717) is 0 Å². The number of nitrogens with one attached hydrogen (secondary N) is 2. The Labute approximate surface area is 412 Å².